The lowest BCUT2D eigenvalue weighted by Gasteiger charge is -2.49. The molecule has 2 atom stereocenters. The maximum Gasteiger partial charge on any atom is 0.422 e. The van der Waals surface area contributed by atoms with Crippen LogP contribution in [0.5, 0.6) is 5.75 Å². The fourth-order valence-corrected chi connectivity index (χ4v) is 5.71. The van der Waals surface area contributed by atoms with Gasteiger partial charge in [0.15, 0.2) is 18.2 Å². The molecular formula is C33H45F4N3O3. The van der Waals surface area contributed by atoms with Crippen LogP contribution in [0, 0.1) is 11.2 Å². The van der Waals surface area contributed by atoms with Crippen LogP contribution in [-0.2, 0) is 9.59 Å². The highest BCUT2D eigenvalue weighted by Gasteiger charge is 2.40. The van der Waals surface area contributed by atoms with Crippen molar-refractivity contribution in [3.8, 4) is 5.75 Å². The molecule has 0 saturated carbocycles. The molecule has 43 heavy (non-hydrogen) atoms. The lowest BCUT2D eigenvalue weighted by molar-refractivity contribution is -0.153. The van der Waals surface area contributed by atoms with E-state index in [1.165, 1.54) is 12.1 Å². The minimum Gasteiger partial charge on any atom is -0.481 e. The quantitative estimate of drug-likeness (QED) is 0.196. The molecule has 0 bridgehead atoms. The number of piperazine rings is 1. The summed E-state index contributed by atoms with van der Waals surface area (Å²) < 4.78 is 57.6. The average molecular weight is 608 g/mol. The first-order valence-electron chi connectivity index (χ1n) is 15.0. The van der Waals surface area contributed by atoms with Gasteiger partial charge in [-0.15, -0.1) is 0 Å². The van der Waals surface area contributed by atoms with Crippen LogP contribution in [0.15, 0.2) is 48.5 Å². The van der Waals surface area contributed by atoms with Gasteiger partial charge in [0, 0.05) is 52.1 Å². The second-order valence-electron chi connectivity index (χ2n) is 12.3. The minimum atomic E-state index is -4.57. The van der Waals surface area contributed by atoms with E-state index in [0.717, 1.165) is 18.4 Å². The second kappa shape index (κ2) is 15.0. The summed E-state index contributed by atoms with van der Waals surface area (Å²) in [5.41, 5.74) is 1.26. The number of nitrogens with zero attached hydrogens (tertiary/aromatic N) is 3. The molecule has 0 spiro atoms. The molecule has 1 saturated heterocycles. The predicted molar refractivity (Wildman–Crippen MR) is 159 cm³/mol. The molecule has 0 radical (unpaired) electrons. The van der Waals surface area contributed by atoms with Crippen molar-refractivity contribution in [2.75, 3.05) is 39.3 Å². The fraction of sp³-hybridized carbons (Fsp3) is 0.576. The van der Waals surface area contributed by atoms with Crippen LogP contribution in [-0.4, -0.2) is 78.1 Å². The van der Waals surface area contributed by atoms with Crippen LogP contribution in [0.25, 0.3) is 0 Å². The van der Waals surface area contributed by atoms with Crippen LogP contribution in [0.3, 0.4) is 0 Å². The first kappa shape index (κ1) is 34.4. The zero-order chi connectivity index (χ0) is 31.8. The molecule has 0 aliphatic carbocycles. The van der Waals surface area contributed by atoms with Gasteiger partial charge in [-0.3, -0.25) is 14.5 Å². The smallest absolute Gasteiger partial charge is 0.422 e. The third kappa shape index (κ3) is 9.95. The Kier molecular flexibility index (Phi) is 12.0. The molecule has 0 N–H and O–H groups in total. The predicted octanol–water partition coefficient (Wildman–Crippen LogP) is 6.84. The maximum absolute atomic E-state index is 15.0. The number of hydrogen-bond acceptors (Lipinski definition) is 4. The molecule has 1 aliphatic rings. The SMILES string of the molecule is CCCN(CCCCC(=O)N1CCN(C(c2ccccc2)c2ccc(OCC(F)(F)F)c(F)c2)C[C@@H]1C(C)(C)C)C(C)=O. The zero-order valence-electron chi connectivity index (χ0n) is 25.9. The number of hydrogen-bond donors (Lipinski definition) is 0. The summed E-state index contributed by atoms with van der Waals surface area (Å²) in [7, 11) is 0. The number of unbranched alkanes of at least 4 members (excludes halogenated alkanes) is 1. The number of ether oxygens (including phenoxy) is 1. The molecule has 1 fully saturated rings. The molecule has 2 aromatic rings. The van der Waals surface area contributed by atoms with Crippen molar-refractivity contribution in [3.63, 3.8) is 0 Å². The summed E-state index contributed by atoms with van der Waals surface area (Å²) in [5.74, 6) is -1.17. The van der Waals surface area contributed by atoms with Crippen molar-refractivity contribution < 1.29 is 31.9 Å². The Morgan fingerprint density at radius 3 is 2.28 bits per heavy atom. The number of amides is 2. The summed E-state index contributed by atoms with van der Waals surface area (Å²) in [6.07, 6.45) is -1.82. The molecule has 10 heteroatoms. The summed E-state index contributed by atoms with van der Waals surface area (Å²) in [4.78, 5) is 31.3. The summed E-state index contributed by atoms with van der Waals surface area (Å²) in [5, 5.41) is 0. The van der Waals surface area contributed by atoms with Gasteiger partial charge >= 0.3 is 6.18 Å². The van der Waals surface area contributed by atoms with E-state index in [2.05, 4.69) is 30.4 Å². The van der Waals surface area contributed by atoms with Gasteiger partial charge in [-0.1, -0.05) is 64.1 Å². The van der Waals surface area contributed by atoms with E-state index < -0.39 is 24.3 Å². The van der Waals surface area contributed by atoms with Gasteiger partial charge in [-0.2, -0.15) is 13.2 Å². The van der Waals surface area contributed by atoms with Crippen LogP contribution >= 0.6 is 0 Å². The van der Waals surface area contributed by atoms with Crippen LogP contribution in [0.1, 0.15) is 77.5 Å². The first-order valence-corrected chi connectivity index (χ1v) is 15.0. The minimum absolute atomic E-state index is 0.0495. The molecule has 1 heterocycles. The van der Waals surface area contributed by atoms with Crippen molar-refractivity contribution >= 4 is 11.8 Å². The second-order valence-corrected chi connectivity index (χ2v) is 12.3. The molecule has 1 unspecified atom stereocenters. The number of carbonyl (C=O) groups is 2. The third-order valence-corrected chi connectivity index (χ3v) is 7.88. The summed E-state index contributed by atoms with van der Waals surface area (Å²) in [6.45, 7) is 11.3. The normalized spacial score (nSPS) is 17.0. The molecular weight excluding hydrogens is 562 g/mol. The highest BCUT2D eigenvalue weighted by Crippen LogP contribution is 2.36. The van der Waals surface area contributed by atoms with E-state index >= 15 is 4.39 Å². The van der Waals surface area contributed by atoms with Crippen LogP contribution in [0.4, 0.5) is 17.6 Å². The molecule has 0 aromatic heterocycles. The van der Waals surface area contributed by atoms with Gasteiger partial charge in [0.1, 0.15) is 0 Å². The first-order chi connectivity index (χ1) is 20.2. The molecule has 238 valence electrons. The largest absolute Gasteiger partial charge is 0.481 e. The van der Waals surface area contributed by atoms with Gasteiger partial charge in [-0.25, -0.2) is 4.39 Å². The summed E-state index contributed by atoms with van der Waals surface area (Å²) >= 11 is 0. The average Bonchev–Trinajstić information content (AvgIpc) is 2.93. The van der Waals surface area contributed by atoms with Crippen molar-refractivity contribution in [3.05, 3.63) is 65.5 Å². The van der Waals surface area contributed by atoms with Crippen molar-refractivity contribution in [1.82, 2.24) is 14.7 Å². The fourth-order valence-electron chi connectivity index (χ4n) is 5.71. The number of rotatable bonds is 12. The monoisotopic (exact) mass is 607 g/mol. The van der Waals surface area contributed by atoms with Crippen molar-refractivity contribution in [1.29, 1.82) is 0 Å². The lowest BCUT2D eigenvalue weighted by Crippen LogP contribution is -2.60. The van der Waals surface area contributed by atoms with Crippen LogP contribution in [0.2, 0.25) is 0 Å². The van der Waals surface area contributed by atoms with Gasteiger partial charge < -0.3 is 14.5 Å². The van der Waals surface area contributed by atoms with E-state index in [0.29, 0.717) is 51.1 Å². The lowest BCUT2D eigenvalue weighted by atomic mass is 9.83. The molecule has 6 nitrogen and oxygen atoms in total. The molecule has 3 rings (SSSR count). The number of alkyl halides is 3. The Morgan fingerprint density at radius 1 is 1.00 bits per heavy atom. The van der Waals surface area contributed by atoms with Gasteiger partial charge in [0.05, 0.1) is 6.04 Å². The van der Waals surface area contributed by atoms with Crippen molar-refractivity contribution in [2.24, 2.45) is 5.41 Å². The Hall–Kier alpha value is -3.14. The van der Waals surface area contributed by atoms with Crippen molar-refractivity contribution in [2.45, 2.75) is 78.6 Å². The van der Waals surface area contributed by atoms with E-state index in [9.17, 15) is 22.8 Å². The molecule has 2 amide bonds. The molecule has 1 aliphatic heterocycles. The highest BCUT2D eigenvalue weighted by atomic mass is 19.4. The van der Waals surface area contributed by atoms with Gasteiger partial charge in [0.25, 0.3) is 0 Å². The standard InChI is InChI=1S/C33H45F4N3O3/c1-6-17-38(24(2)41)18-11-10-14-30(42)40-20-19-39(22-29(40)32(3,4)5)31(25-12-8-7-9-13-25)26-15-16-28(27(34)21-26)43-23-33(35,36)37/h7-9,12-13,15-16,21,29,31H,6,10-11,14,17-20,22-23H2,1-5H3/t29-,31?/m1/s1. The topological polar surface area (TPSA) is 53.1 Å². The van der Waals surface area contributed by atoms with Gasteiger partial charge in [0.2, 0.25) is 11.8 Å². The van der Waals surface area contributed by atoms with E-state index in [1.54, 1.807) is 13.0 Å². The number of halogens is 4. The number of carbonyl (C=O) groups excluding carboxylic acids is 2. The van der Waals surface area contributed by atoms with E-state index in [4.69, 9.17) is 0 Å². The van der Waals surface area contributed by atoms with Gasteiger partial charge in [-0.05, 0) is 47.9 Å². The molecule has 2 aromatic carbocycles. The maximum atomic E-state index is 15.0. The third-order valence-electron chi connectivity index (χ3n) is 7.88. The summed E-state index contributed by atoms with van der Waals surface area (Å²) in [6, 6.07) is 13.2. The Balaban J connectivity index is 1.78. The Morgan fingerprint density at radius 2 is 1.70 bits per heavy atom. The highest BCUT2D eigenvalue weighted by molar-refractivity contribution is 5.77. The zero-order valence-corrected chi connectivity index (χ0v) is 25.9. The van der Waals surface area contributed by atoms with E-state index in [-0.39, 0.29) is 29.3 Å². The van der Waals surface area contributed by atoms with E-state index in [1.807, 2.05) is 47.1 Å². The Labute approximate surface area is 253 Å². The Bertz CT molecular complexity index is 1200. The number of benzene rings is 2. The van der Waals surface area contributed by atoms with Crippen LogP contribution < -0.4 is 4.74 Å².